The second kappa shape index (κ2) is 10.8. The van der Waals surface area contributed by atoms with E-state index in [9.17, 15) is 0 Å². The second-order valence-corrected chi connectivity index (χ2v) is 8.51. The Morgan fingerprint density at radius 1 is 1.12 bits per heavy atom. The minimum Gasteiger partial charge on any atom is -0.378 e. The molecule has 1 saturated carbocycles. The van der Waals surface area contributed by atoms with Gasteiger partial charge in [0.2, 0.25) is 0 Å². The van der Waals surface area contributed by atoms with Crippen LogP contribution in [0.25, 0.3) is 0 Å². The van der Waals surface area contributed by atoms with Gasteiger partial charge in [0.05, 0.1) is 5.60 Å². The number of unbranched alkanes of at least 4 members (excludes halogenated alkanes) is 1. The average Bonchev–Trinajstić information content (AvgIpc) is 2.60. The zero-order valence-electron chi connectivity index (χ0n) is 18.7. The summed E-state index contributed by atoms with van der Waals surface area (Å²) in [7, 11) is 1.93. The maximum absolute atomic E-state index is 6.02. The van der Waals surface area contributed by atoms with E-state index in [-0.39, 0.29) is 5.60 Å². The first-order valence-corrected chi connectivity index (χ1v) is 10.9. The van der Waals surface area contributed by atoms with Crippen LogP contribution in [0.5, 0.6) is 0 Å². The van der Waals surface area contributed by atoms with Gasteiger partial charge in [-0.3, -0.25) is 0 Å². The SMILES string of the molecule is CC.CCCCC(C)(C(C)C)C1CCC(C)(OC)C(CC)C1CC. The highest BCUT2D eigenvalue weighted by atomic mass is 16.5. The van der Waals surface area contributed by atoms with Gasteiger partial charge in [0.15, 0.2) is 0 Å². The van der Waals surface area contributed by atoms with E-state index in [4.69, 9.17) is 4.74 Å². The van der Waals surface area contributed by atoms with Crippen LogP contribution in [-0.4, -0.2) is 12.7 Å². The summed E-state index contributed by atoms with van der Waals surface area (Å²) < 4.78 is 6.02. The lowest BCUT2D eigenvalue weighted by Crippen LogP contribution is -2.52. The van der Waals surface area contributed by atoms with E-state index in [1.807, 2.05) is 21.0 Å². The zero-order valence-corrected chi connectivity index (χ0v) is 18.7. The van der Waals surface area contributed by atoms with Gasteiger partial charge in [-0.15, -0.1) is 0 Å². The van der Waals surface area contributed by atoms with Gasteiger partial charge in [-0.05, 0) is 55.3 Å². The fourth-order valence-corrected chi connectivity index (χ4v) is 5.41. The molecule has 0 N–H and O–H groups in total. The molecule has 0 amide bonds. The summed E-state index contributed by atoms with van der Waals surface area (Å²) in [6.07, 6.45) is 9.22. The summed E-state index contributed by atoms with van der Waals surface area (Å²) in [5.74, 6) is 3.15. The number of ether oxygens (including phenoxy) is 1. The Bertz CT molecular complexity index is 324. The summed E-state index contributed by atoms with van der Waals surface area (Å²) in [5, 5.41) is 0. The topological polar surface area (TPSA) is 9.23 Å². The van der Waals surface area contributed by atoms with Crippen LogP contribution < -0.4 is 0 Å². The van der Waals surface area contributed by atoms with Crippen molar-refractivity contribution in [3.8, 4) is 0 Å². The van der Waals surface area contributed by atoms with Crippen molar-refractivity contribution in [2.45, 2.75) is 113 Å². The standard InChI is InChI=1S/C21H42O.C2H6/c1-9-12-14-20(6,16(4)5)19-13-15-21(7,22-8)18(11-3)17(19)10-2;1-2/h16-19H,9-15H2,1-8H3;1-2H3. The second-order valence-electron chi connectivity index (χ2n) is 8.51. The third-order valence-electron chi connectivity index (χ3n) is 7.38. The number of hydrogen-bond donors (Lipinski definition) is 0. The molecule has 0 radical (unpaired) electrons. The Hall–Kier alpha value is -0.0400. The maximum atomic E-state index is 6.02. The molecule has 0 aromatic rings. The molecule has 1 fully saturated rings. The number of methoxy groups -OCH3 is 1. The molecule has 1 rings (SSSR count). The third-order valence-corrected chi connectivity index (χ3v) is 7.38. The van der Waals surface area contributed by atoms with E-state index in [0.29, 0.717) is 11.3 Å². The van der Waals surface area contributed by atoms with Gasteiger partial charge in [-0.1, -0.05) is 81.1 Å². The number of hydrogen-bond acceptors (Lipinski definition) is 1. The van der Waals surface area contributed by atoms with Crippen molar-refractivity contribution in [1.29, 1.82) is 0 Å². The molecule has 0 heterocycles. The molecule has 1 nitrogen and oxygen atoms in total. The predicted molar refractivity (Wildman–Crippen MR) is 110 cm³/mol. The van der Waals surface area contributed by atoms with Gasteiger partial charge in [0.1, 0.15) is 0 Å². The molecular weight excluding hydrogens is 292 g/mol. The highest BCUT2D eigenvalue weighted by molar-refractivity contribution is 5.00. The fraction of sp³-hybridized carbons (Fsp3) is 1.00. The molecule has 0 aliphatic heterocycles. The molecule has 1 heteroatoms. The van der Waals surface area contributed by atoms with Crippen molar-refractivity contribution < 1.29 is 4.74 Å². The van der Waals surface area contributed by atoms with E-state index in [2.05, 4.69) is 48.5 Å². The van der Waals surface area contributed by atoms with Crippen LogP contribution in [0, 0.1) is 29.1 Å². The lowest BCUT2D eigenvalue weighted by molar-refractivity contribution is -0.135. The van der Waals surface area contributed by atoms with Crippen LogP contribution in [0.1, 0.15) is 107 Å². The molecule has 0 bridgehead atoms. The van der Waals surface area contributed by atoms with Crippen molar-refractivity contribution in [3.63, 3.8) is 0 Å². The first-order valence-electron chi connectivity index (χ1n) is 10.9. The fourth-order valence-electron chi connectivity index (χ4n) is 5.41. The smallest absolute Gasteiger partial charge is 0.0681 e. The van der Waals surface area contributed by atoms with Crippen LogP contribution in [0.3, 0.4) is 0 Å². The molecular formula is C23H48O. The molecule has 5 unspecified atom stereocenters. The molecule has 146 valence electrons. The normalized spacial score (nSPS) is 32.9. The first kappa shape index (κ1) is 24.0. The van der Waals surface area contributed by atoms with Crippen molar-refractivity contribution in [3.05, 3.63) is 0 Å². The van der Waals surface area contributed by atoms with E-state index in [1.165, 1.54) is 44.9 Å². The monoisotopic (exact) mass is 340 g/mol. The van der Waals surface area contributed by atoms with Gasteiger partial charge in [-0.2, -0.15) is 0 Å². The molecule has 24 heavy (non-hydrogen) atoms. The maximum Gasteiger partial charge on any atom is 0.0681 e. The highest BCUT2D eigenvalue weighted by Crippen LogP contribution is 2.55. The molecule has 0 spiro atoms. The van der Waals surface area contributed by atoms with Crippen molar-refractivity contribution in [2.75, 3.05) is 7.11 Å². The quantitative estimate of drug-likeness (QED) is 0.439. The molecule has 1 aliphatic carbocycles. The van der Waals surface area contributed by atoms with E-state index in [1.54, 1.807) is 0 Å². The molecule has 0 saturated heterocycles. The first-order chi connectivity index (χ1) is 11.3. The van der Waals surface area contributed by atoms with Gasteiger partial charge >= 0.3 is 0 Å². The summed E-state index contributed by atoms with van der Waals surface area (Å²) in [6, 6.07) is 0. The summed E-state index contributed by atoms with van der Waals surface area (Å²) in [5.41, 5.74) is 0.577. The van der Waals surface area contributed by atoms with Gasteiger partial charge in [0.25, 0.3) is 0 Å². The third kappa shape index (κ3) is 4.99. The molecule has 0 aromatic heterocycles. The summed E-state index contributed by atoms with van der Waals surface area (Å²) >= 11 is 0. The minimum atomic E-state index is 0.0918. The van der Waals surface area contributed by atoms with Crippen LogP contribution in [-0.2, 0) is 4.74 Å². The molecule has 5 atom stereocenters. The Morgan fingerprint density at radius 2 is 1.71 bits per heavy atom. The van der Waals surface area contributed by atoms with E-state index >= 15 is 0 Å². The van der Waals surface area contributed by atoms with Gasteiger partial charge in [0, 0.05) is 7.11 Å². The largest absolute Gasteiger partial charge is 0.378 e. The number of rotatable bonds is 8. The predicted octanol–water partition coefficient (Wildman–Crippen LogP) is 7.73. The van der Waals surface area contributed by atoms with Crippen LogP contribution in [0.2, 0.25) is 0 Å². The van der Waals surface area contributed by atoms with Gasteiger partial charge < -0.3 is 4.74 Å². The molecule has 1 aliphatic rings. The Labute approximate surface area is 154 Å². The lowest BCUT2D eigenvalue weighted by atomic mass is 9.52. The zero-order chi connectivity index (χ0) is 19.0. The van der Waals surface area contributed by atoms with Crippen molar-refractivity contribution in [2.24, 2.45) is 29.1 Å². The Morgan fingerprint density at radius 3 is 2.08 bits per heavy atom. The van der Waals surface area contributed by atoms with Crippen molar-refractivity contribution in [1.82, 2.24) is 0 Å². The summed E-state index contributed by atoms with van der Waals surface area (Å²) in [6.45, 7) is 21.0. The van der Waals surface area contributed by atoms with Gasteiger partial charge in [-0.25, -0.2) is 0 Å². The molecule has 0 aromatic carbocycles. The lowest BCUT2D eigenvalue weighted by Gasteiger charge is -2.55. The van der Waals surface area contributed by atoms with E-state index < -0.39 is 0 Å². The Balaban J connectivity index is 0.00000254. The summed E-state index contributed by atoms with van der Waals surface area (Å²) in [4.78, 5) is 0. The Kier molecular flexibility index (Phi) is 10.8. The average molecular weight is 341 g/mol. The van der Waals surface area contributed by atoms with Crippen LogP contribution >= 0.6 is 0 Å². The minimum absolute atomic E-state index is 0.0918. The van der Waals surface area contributed by atoms with E-state index in [0.717, 1.165) is 17.8 Å². The van der Waals surface area contributed by atoms with Crippen molar-refractivity contribution >= 4 is 0 Å². The van der Waals surface area contributed by atoms with Crippen LogP contribution in [0.15, 0.2) is 0 Å². The highest BCUT2D eigenvalue weighted by Gasteiger charge is 2.50. The van der Waals surface area contributed by atoms with Crippen LogP contribution in [0.4, 0.5) is 0 Å².